The average Bonchev–Trinajstić information content (AvgIpc) is 2.82. The molecule has 1 aliphatic rings. The molecule has 8 heteroatoms. The lowest BCUT2D eigenvalue weighted by molar-refractivity contribution is -0.140. The zero-order chi connectivity index (χ0) is 14.4. The van der Waals surface area contributed by atoms with Crippen LogP contribution in [0.25, 0.3) is 0 Å². The summed E-state index contributed by atoms with van der Waals surface area (Å²) in [5.41, 5.74) is 0. The third-order valence-corrected chi connectivity index (χ3v) is 6.20. The van der Waals surface area contributed by atoms with Crippen LogP contribution in [0.1, 0.15) is 16.2 Å². The molecule has 106 valence electrons. The van der Waals surface area contributed by atoms with Crippen molar-refractivity contribution in [3.05, 3.63) is 15.8 Å². The number of carboxylic acid groups (broad SMARTS) is 1. The molecule has 2 rings (SSSR count). The minimum absolute atomic E-state index is 0.0727. The van der Waals surface area contributed by atoms with E-state index in [1.807, 2.05) is 0 Å². The highest BCUT2D eigenvalue weighted by atomic mass is 32.2. The fourth-order valence-corrected chi connectivity index (χ4v) is 5.42. The van der Waals surface area contributed by atoms with E-state index in [2.05, 4.69) is 0 Å². The highest BCUT2D eigenvalue weighted by Gasteiger charge is 2.44. The van der Waals surface area contributed by atoms with E-state index in [1.165, 1.54) is 11.3 Å². The molecular formula is C11H15NO5S2. The fraction of sp³-hybridized carbons (Fsp3) is 0.545. The maximum atomic E-state index is 12.5. The van der Waals surface area contributed by atoms with Crippen LogP contribution in [0.3, 0.4) is 0 Å². The van der Waals surface area contributed by atoms with Crippen molar-refractivity contribution in [2.24, 2.45) is 0 Å². The van der Waals surface area contributed by atoms with Crippen molar-refractivity contribution in [1.29, 1.82) is 0 Å². The van der Waals surface area contributed by atoms with Crippen LogP contribution in [0, 0.1) is 13.8 Å². The van der Waals surface area contributed by atoms with Gasteiger partial charge in [-0.15, -0.1) is 11.3 Å². The van der Waals surface area contributed by atoms with Gasteiger partial charge in [-0.05, 0) is 19.9 Å². The van der Waals surface area contributed by atoms with Crippen molar-refractivity contribution < 1.29 is 23.4 Å². The molecule has 1 aromatic heterocycles. The number of rotatable bonds is 3. The third-order valence-electron chi connectivity index (χ3n) is 3.10. The van der Waals surface area contributed by atoms with Crippen LogP contribution in [-0.2, 0) is 14.8 Å². The molecule has 0 saturated carbocycles. The quantitative estimate of drug-likeness (QED) is 0.851. The lowest BCUT2D eigenvalue weighted by Crippen LogP contribution is -2.40. The molecule has 1 fully saturated rings. The summed E-state index contributed by atoms with van der Waals surface area (Å²) in [5.74, 6) is -1.23. The number of β-amino-alcohol motifs (C(OH)–C–C–N with tert-alkyl or cyclic N) is 1. The Kier molecular flexibility index (Phi) is 3.69. The van der Waals surface area contributed by atoms with Crippen molar-refractivity contribution in [3.8, 4) is 0 Å². The van der Waals surface area contributed by atoms with E-state index in [4.69, 9.17) is 5.11 Å². The van der Waals surface area contributed by atoms with Gasteiger partial charge in [0.05, 0.1) is 11.0 Å². The van der Waals surface area contributed by atoms with Crippen LogP contribution < -0.4 is 0 Å². The molecular weight excluding hydrogens is 290 g/mol. The number of aliphatic hydroxyl groups excluding tert-OH is 1. The van der Waals surface area contributed by atoms with Crippen molar-refractivity contribution in [3.63, 3.8) is 0 Å². The second-order valence-electron chi connectivity index (χ2n) is 4.60. The molecule has 1 aromatic rings. The van der Waals surface area contributed by atoms with Gasteiger partial charge in [-0.2, -0.15) is 4.31 Å². The first-order chi connectivity index (χ1) is 8.73. The van der Waals surface area contributed by atoms with Crippen molar-refractivity contribution in [2.75, 3.05) is 6.54 Å². The highest BCUT2D eigenvalue weighted by molar-refractivity contribution is 7.89. The first-order valence-corrected chi connectivity index (χ1v) is 7.99. The van der Waals surface area contributed by atoms with Gasteiger partial charge in [-0.3, -0.25) is 4.79 Å². The van der Waals surface area contributed by atoms with E-state index in [1.54, 1.807) is 19.9 Å². The number of nitrogens with zero attached hydrogens (tertiary/aromatic N) is 1. The molecule has 0 amide bonds. The summed E-state index contributed by atoms with van der Waals surface area (Å²) in [6, 6.07) is 0.346. The first-order valence-electron chi connectivity index (χ1n) is 5.73. The second kappa shape index (κ2) is 4.86. The van der Waals surface area contributed by atoms with Gasteiger partial charge >= 0.3 is 5.97 Å². The van der Waals surface area contributed by atoms with Gasteiger partial charge in [0, 0.05) is 22.7 Å². The number of carbonyl (C=O) groups is 1. The normalized spacial score (nSPS) is 24.8. The summed E-state index contributed by atoms with van der Waals surface area (Å²) >= 11 is 1.35. The predicted molar refractivity (Wildman–Crippen MR) is 69.7 cm³/mol. The van der Waals surface area contributed by atoms with Crippen LogP contribution in [0.15, 0.2) is 11.0 Å². The predicted octanol–water partition coefficient (Wildman–Crippen LogP) is 0.573. The number of thiophene rings is 1. The molecule has 0 spiro atoms. The Bertz CT molecular complexity index is 607. The molecule has 0 radical (unpaired) electrons. The molecule has 2 atom stereocenters. The van der Waals surface area contributed by atoms with Gasteiger partial charge in [-0.25, -0.2) is 8.42 Å². The van der Waals surface area contributed by atoms with Crippen LogP contribution in [0.4, 0.5) is 0 Å². The van der Waals surface area contributed by atoms with Crippen LogP contribution in [-0.4, -0.2) is 47.6 Å². The number of sulfonamides is 1. The van der Waals surface area contributed by atoms with Crippen LogP contribution in [0.2, 0.25) is 0 Å². The fourth-order valence-electron chi connectivity index (χ4n) is 2.26. The summed E-state index contributed by atoms with van der Waals surface area (Å²) in [4.78, 5) is 12.7. The molecule has 6 nitrogen and oxygen atoms in total. The van der Waals surface area contributed by atoms with E-state index < -0.39 is 28.1 Å². The summed E-state index contributed by atoms with van der Waals surface area (Å²) < 4.78 is 25.9. The van der Waals surface area contributed by atoms with Crippen LogP contribution in [0.5, 0.6) is 0 Å². The number of carboxylic acids is 1. The van der Waals surface area contributed by atoms with Crippen molar-refractivity contribution in [2.45, 2.75) is 37.3 Å². The summed E-state index contributed by atoms with van der Waals surface area (Å²) in [5, 5.41) is 18.6. The maximum absolute atomic E-state index is 12.5. The first kappa shape index (κ1) is 14.4. The molecule has 1 saturated heterocycles. The second-order valence-corrected chi connectivity index (χ2v) is 7.92. The minimum Gasteiger partial charge on any atom is -0.480 e. The smallest absolute Gasteiger partial charge is 0.322 e. The van der Waals surface area contributed by atoms with Crippen molar-refractivity contribution >= 4 is 27.3 Å². The number of aliphatic hydroxyl groups is 1. The highest BCUT2D eigenvalue weighted by Crippen LogP contribution is 2.32. The summed E-state index contributed by atoms with van der Waals surface area (Å²) in [6.45, 7) is 3.31. The minimum atomic E-state index is -3.87. The van der Waals surface area contributed by atoms with Crippen LogP contribution >= 0.6 is 11.3 Å². The Morgan fingerprint density at radius 1 is 1.47 bits per heavy atom. The Labute approximate surface area is 115 Å². The average molecular weight is 305 g/mol. The zero-order valence-electron chi connectivity index (χ0n) is 10.5. The van der Waals surface area contributed by atoms with Gasteiger partial charge in [0.15, 0.2) is 0 Å². The molecule has 19 heavy (non-hydrogen) atoms. The molecule has 2 N–H and O–H groups in total. The largest absolute Gasteiger partial charge is 0.480 e. The van der Waals surface area contributed by atoms with Gasteiger partial charge < -0.3 is 10.2 Å². The Morgan fingerprint density at radius 3 is 2.58 bits per heavy atom. The monoisotopic (exact) mass is 305 g/mol. The molecule has 0 aliphatic carbocycles. The summed E-state index contributed by atoms with van der Waals surface area (Å²) in [6.07, 6.45) is -1.01. The third kappa shape index (κ3) is 2.53. The molecule has 0 bridgehead atoms. The number of aliphatic carboxylic acids is 1. The lowest BCUT2D eigenvalue weighted by atomic mass is 10.2. The number of hydrogen-bond donors (Lipinski definition) is 2. The molecule has 2 heterocycles. The van der Waals surface area contributed by atoms with E-state index >= 15 is 0 Å². The molecule has 0 aromatic carbocycles. The molecule has 1 aliphatic heterocycles. The van der Waals surface area contributed by atoms with Gasteiger partial charge in [0.1, 0.15) is 6.04 Å². The Balaban J connectivity index is 2.44. The number of hydrogen-bond acceptors (Lipinski definition) is 5. The van der Waals surface area contributed by atoms with Gasteiger partial charge in [0.2, 0.25) is 10.0 Å². The van der Waals surface area contributed by atoms with E-state index in [0.717, 1.165) is 9.18 Å². The zero-order valence-corrected chi connectivity index (χ0v) is 12.2. The van der Waals surface area contributed by atoms with E-state index in [-0.39, 0.29) is 17.9 Å². The van der Waals surface area contributed by atoms with Crippen molar-refractivity contribution in [1.82, 2.24) is 4.31 Å². The van der Waals surface area contributed by atoms with E-state index in [0.29, 0.717) is 4.88 Å². The Morgan fingerprint density at radius 2 is 2.11 bits per heavy atom. The molecule has 0 unspecified atom stereocenters. The SMILES string of the molecule is Cc1cc(S(=O)(=O)N2C[C@H](O)C[C@H]2C(=O)O)c(C)s1. The van der Waals surface area contributed by atoms with E-state index in [9.17, 15) is 18.3 Å². The summed E-state index contributed by atoms with van der Waals surface area (Å²) in [7, 11) is -3.87. The number of aryl methyl sites for hydroxylation is 2. The lowest BCUT2D eigenvalue weighted by Gasteiger charge is -2.20. The van der Waals surface area contributed by atoms with Gasteiger partial charge in [0.25, 0.3) is 0 Å². The topological polar surface area (TPSA) is 94.9 Å². The maximum Gasteiger partial charge on any atom is 0.322 e. The standard InChI is InChI=1S/C11H15NO5S2/c1-6-3-10(7(2)18-6)19(16,17)12-5-8(13)4-9(12)11(14)15/h3,8-9,13H,4-5H2,1-2H3,(H,14,15)/t8-,9+/m1/s1. The van der Waals surface area contributed by atoms with Gasteiger partial charge in [-0.1, -0.05) is 0 Å². The Hall–Kier alpha value is -0.960.